The summed E-state index contributed by atoms with van der Waals surface area (Å²) in [6.07, 6.45) is 5.35. The van der Waals surface area contributed by atoms with Crippen LogP contribution in [-0.4, -0.2) is 43.3 Å². The number of hydrogen-bond acceptors (Lipinski definition) is 3. The molecule has 0 aromatic heterocycles. The Hall–Kier alpha value is 0.170. The van der Waals surface area contributed by atoms with Gasteiger partial charge in [-0.3, -0.25) is 0 Å². The first kappa shape index (κ1) is 14.2. The van der Waals surface area contributed by atoms with Crippen molar-refractivity contribution in [2.45, 2.75) is 44.8 Å². The molecule has 3 unspecified atom stereocenters. The second kappa shape index (κ2) is 6.80. The normalized spacial score (nSPS) is 36.0. The highest BCUT2D eigenvalue weighted by molar-refractivity contribution is 5.85. The predicted octanol–water partition coefficient (Wildman–Crippen LogP) is 1.65. The van der Waals surface area contributed by atoms with E-state index in [-0.39, 0.29) is 12.4 Å². The zero-order chi connectivity index (χ0) is 10.7. The number of rotatable bonds is 3. The van der Waals surface area contributed by atoms with Crippen molar-refractivity contribution >= 4 is 12.4 Å². The largest absolute Gasteiger partial charge is 0.378 e. The maximum atomic E-state index is 5.92. The fourth-order valence-electron chi connectivity index (χ4n) is 2.80. The van der Waals surface area contributed by atoms with E-state index >= 15 is 0 Å². The van der Waals surface area contributed by atoms with Gasteiger partial charge in [0, 0.05) is 25.7 Å². The Bertz CT molecular complexity index is 203. The predicted molar refractivity (Wildman–Crippen MR) is 69.0 cm³/mol. The number of hydrogen-bond donors (Lipinski definition) is 1. The minimum Gasteiger partial charge on any atom is -0.378 e. The number of nitrogens with zero attached hydrogens (tertiary/aromatic N) is 1. The lowest BCUT2D eigenvalue weighted by atomic mass is 9.94. The van der Waals surface area contributed by atoms with E-state index in [1.54, 1.807) is 0 Å². The molecule has 2 rings (SSSR count). The SMILES string of the molecule is CCC1CC(CN2CCC(N)C2)CCO1.Cl. The summed E-state index contributed by atoms with van der Waals surface area (Å²) in [6.45, 7) is 6.74. The molecular weight excluding hydrogens is 224 g/mol. The lowest BCUT2D eigenvalue weighted by Crippen LogP contribution is -2.35. The van der Waals surface area contributed by atoms with Crippen LogP contribution >= 0.6 is 12.4 Å². The fraction of sp³-hybridized carbons (Fsp3) is 1.00. The van der Waals surface area contributed by atoms with Crippen molar-refractivity contribution in [3.8, 4) is 0 Å². The summed E-state index contributed by atoms with van der Waals surface area (Å²) < 4.78 is 5.70. The Labute approximate surface area is 105 Å². The van der Waals surface area contributed by atoms with Crippen LogP contribution in [0.1, 0.15) is 32.6 Å². The van der Waals surface area contributed by atoms with E-state index in [0.29, 0.717) is 12.1 Å². The topological polar surface area (TPSA) is 38.5 Å². The van der Waals surface area contributed by atoms with Gasteiger partial charge in [0.15, 0.2) is 0 Å². The molecule has 3 nitrogen and oxygen atoms in total. The lowest BCUT2D eigenvalue weighted by Gasteiger charge is -2.31. The van der Waals surface area contributed by atoms with E-state index < -0.39 is 0 Å². The molecule has 2 saturated heterocycles. The summed E-state index contributed by atoms with van der Waals surface area (Å²) in [5.41, 5.74) is 5.92. The van der Waals surface area contributed by atoms with Crippen LogP contribution in [0.3, 0.4) is 0 Å². The van der Waals surface area contributed by atoms with E-state index in [1.807, 2.05) is 0 Å². The molecule has 0 radical (unpaired) electrons. The van der Waals surface area contributed by atoms with Crippen LogP contribution in [0.5, 0.6) is 0 Å². The fourth-order valence-corrected chi connectivity index (χ4v) is 2.80. The van der Waals surface area contributed by atoms with Crippen LogP contribution in [0.4, 0.5) is 0 Å². The third-order valence-corrected chi connectivity index (χ3v) is 3.76. The highest BCUT2D eigenvalue weighted by atomic mass is 35.5. The highest BCUT2D eigenvalue weighted by Gasteiger charge is 2.26. The van der Waals surface area contributed by atoms with Crippen LogP contribution in [-0.2, 0) is 4.74 Å². The van der Waals surface area contributed by atoms with E-state index in [4.69, 9.17) is 10.5 Å². The first-order valence-corrected chi connectivity index (χ1v) is 6.37. The maximum absolute atomic E-state index is 5.92. The van der Waals surface area contributed by atoms with Crippen molar-refractivity contribution in [2.24, 2.45) is 11.7 Å². The molecule has 2 N–H and O–H groups in total. The smallest absolute Gasteiger partial charge is 0.0575 e. The number of halogens is 1. The standard InChI is InChI=1S/C12H24N2O.ClH/c1-2-12-7-10(4-6-15-12)8-14-5-3-11(13)9-14;/h10-12H,2-9,13H2,1H3;1H. The molecule has 2 fully saturated rings. The Kier molecular flexibility index (Phi) is 6.05. The molecule has 0 spiro atoms. The minimum absolute atomic E-state index is 0. The maximum Gasteiger partial charge on any atom is 0.0575 e. The second-order valence-corrected chi connectivity index (χ2v) is 5.10. The van der Waals surface area contributed by atoms with Gasteiger partial charge in [0.1, 0.15) is 0 Å². The van der Waals surface area contributed by atoms with Crippen LogP contribution in [0, 0.1) is 5.92 Å². The molecule has 0 aromatic carbocycles. The van der Waals surface area contributed by atoms with Crippen molar-refractivity contribution in [1.82, 2.24) is 4.90 Å². The first-order valence-electron chi connectivity index (χ1n) is 6.37. The summed E-state index contributed by atoms with van der Waals surface area (Å²) in [5, 5.41) is 0. The quantitative estimate of drug-likeness (QED) is 0.826. The molecule has 4 heteroatoms. The number of ether oxygens (including phenoxy) is 1. The molecule has 0 bridgehead atoms. The van der Waals surface area contributed by atoms with Gasteiger partial charge in [-0.05, 0) is 38.1 Å². The molecule has 2 aliphatic heterocycles. The molecule has 0 amide bonds. The summed E-state index contributed by atoms with van der Waals surface area (Å²) in [7, 11) is 0. The molecule has 0 saturated carbocycles. The molecule has 2 heterocycles. The third-order valence-electron chi connectivity index (χ3n) is 3.76. The average molecular weight is 249 g/mol. The van der Waals surface area contributed by atoms with Crippen molar-refractivity contribution in [3.05, 3.63) is 0 Å². The van der Waals surface area contributed by atoms with Crippen LogP contribution in [0.25, 0.3) is 0 Å². The Morgan fingerprint density at radius 3 is 2.81 bits per heavy atom. The van der Waals surface area contributed by atoms with Crippen molar-refractivity contribution in [1.29, 1.82) is 0 Å². The Balaban J connectivity index is 0.00000128. The summed E-state index contributed by atoms with van der Waals surface area (Å²) in [6, 6.07) is 0.423. The Morgan fingerprint density at radius 1 is 1.38 bits per heavy atom. The van der Waals surface area contributed by atoms with E-state index in [2.05, 4.69) is 11.8 Å². The third kappa shape index (κ3) is 3.88. The zero-order valence-electron chi connectivity index (χ0n) is 10.2. The van der Waals surface area contributed by atoms with Gasteiger partial charge in [0.05, 0.1) is 6.10 Å². The monoisotopic (exact) mass is 248 g/mol. The van der Waals surface area contributed by atoms with Crippen molar-refractivity contribution < 1.29 is 4.74 Å². The first-order chi connectivity index (χ1) is 7.28. The van der Waals surface area contributed by atoms with Gasteiger partial charge in [-0.2, -0.15) is 0 Å². The minimum atomic E-state index is 0. The van der Waals surface area contributed by atoms with Gasteiger partial charge >= 0.3 is 0 Å². The lowest BCUT2D eigenvalue weighted by molar-refractivity contribution is -0.0163. The molecule has 2 aliphatic rings. The summed E-state index contributed by atoms with van der Waals surface area (Å²) in [4.78, 5) is 2.54. The van der Waals surface area contributed by atoms with E-state index in [9.17, 15) is 0 Å². The van der Waals surface area contributed by atoms with Crippen LogP contribution in [0.15, 0.2) is 0 Å². The van der Waals surface area contributed by atoms with Crippen molar-refractivity contribution in [3.63, 3.8) is 0 Å². The number of likely N-dealkylation sites (tertiary alicyclic amines) is 1. The van der Waals surface area contributed by atoms with Crippen LogP contribution < -0.4 is 5.73 Å². The van der Waals surface area contributed by atoms with Crippen molar-refractivity contribution in [2.75, 3.05) is 26.2 Å². The summed E-state index contributed by atoms with van der Waals surface area (Å²) >= 11 is 0. The molecular formula is C12H25ClN2O. The van der Waals surface area contributed by atoms with Gasteiger partial charge in [0.25, 0.3) is 0 Å². The molecule has 16 heavy (non-hydrogen) atoms. The zero-order valence-corrected chi connectivity index (χ0v) is 11.0. The molecule has 96 valence electrons. The average Bonchev–Trinajstić information content (AvgIpc) is 2.64. The number of nitrogens with two attached hydrogens (primary N) is 1. The van der Waals surface area contributed by atoms with Gasteiger partial charge in [-0.1, -0.05) is 6.92 Å². The van der Waals surface area contributed by atoms with Gasteiger partial charge in [0.2, 0.25) is 0 Å². The summed E-state index contributed by atoms with van der Waals surface area (Å²) in [5.74, 6) is 0.842. The Morgan fingerprint density at radius 2 is 2.19 bits per heavy atom. The molecule has 0 aliphatic carbocycles. The van der Waals surface area contributed by atoms with Gasteiger partial charge in [-0.15, -0.1) is 12.4 Å². The molecule has 3 atom stereocenters. The van der Waals surface area contributed by atoms with E-state index in [0.717, 1.165) is 25.5 Å². The highest BCUT2D eigenvalue weighted by Crippen LogP contribution is 2.24. The van der Waals surface area contributed by atoms with Gasteiger partial charge in [-0.25, -0.2) is 0 Å². The van der Waals surface area contributed by atoms with Crippen LogP contribution in [0.2, 0.25) is 0 Å². The van der Waals surface area contributed by atoms with E-state index in [1.165, 1.54) is 32.4 Å². The second-order valence-electron chi connectivity index (χ2n) is 5.10. The van der Waals surface area contributed by atoms with Gasteiger partial charge < -0.3 is 15.4 Å². The molecule has 0 aromatic rings.